The maximum Gasteiger partial charge on any atom is 0.248 e. The fourth-order valence-corrected chi connectivity index (χ4v) is 2.00. The Balaban J connectivity index is 2.06. The van der Waals surface area contributed by atoms with E-state index in [-0.39, 0.29) is 17.2 Å². The van der Waals surface area contributed by atoms with Crippen LogP contribution in [0.3, 0.4) is 0 Å². The standard InChI is InChI=1S/C14H9ClN2O2/c1-8-6-17-11(7-16-8)13(18)12-5-9-3-2-4-10(15)14(9)19-12/h2-7H,1H3. The van der Waals surface area contributed by atoms with Gasteiger partial charge in [-0.05, 0) is 19.1 Å². The number of ketones is 1. The average Bonchev–Trinajstić information content (AvgIpc) is 2.84. The summed E-state index contributed by atoms with van der Waals surface area (Å²) in [6, 6.07) is 7.01. The number of rotatable bonds is 2. The predicted molar refractivity (Wildman–Crippen MR) is 71.4 cm³/mol. The third kappa shape index (κ3) is 2.11. The molecule has 0 spiro atoms. The Morgan fingerprint density at radius 1 is 1.26 bits per heavy atom. The van der Waals surface area contributed by atoms with Crippen molar-refractivity contribution < 1.29 is 9.21 Å². The Kier molecular flexibility index (Phi) is 2.80. The fourth-order valence-electron chi connectivity index (χ4n) is 1.78. The highest BCUT2D eigenvalue weighted by atomic mass is 35.5. The molecule has 19 heavy (non-hydrogen) atoms. The van der Waals surface area contributed by atoms with E-state index >= 15 is 0 Å². The van der Waals surface area contributed by atoms with Gasteiger partial charge in [-0.1, -0.05) is 23.7 Å². The van der Waals surface area contributed by atoms with Crippen LogP contribution >= 0.6 is 11.6 Å². The van der Waals surface area contributed by atoms with E-state index in [0.29, 0.717) is 10.6 Å². The number of aromatic nitrogens is 2. The second-order valence-electron chi connectivity index (χ2n) is 4.14. The molecule has 0 aliphatic rings. The van der Waals surface area contributed by atoms with E-state index in [2.05, 4.69) is 9.97 Å². The van der Waals surface area contributed by atoms with Crippen molar-refractivity contribution in [3.8, 4) is 0 Å². The number of aryl methyl sites for hydroxylation is 1. The monoisotopic (exact) mass is 272 g/mol. The Morgan fingerprint density at radius 3 is 2.79 bits per heavy atom. The number of para-hydroxylation sites is 1. The van der Waals surface area contributed by atoms with Crippen LogP contribution in [-0.4, -0.2) is 15.8 Å². The molecule has 1 aromatic carbocycles. The maximum atomic E-state index is 12.2. The lowest BCUT2D eigenvalue weighted by Crippen LogP contribution is -2.03. The van der Waals surface area contributed by atoms with Crippen molar-refractivity contribution in [1.82, 2.24) is 9.97 Å². The largest absolute Gasteiger partial charge is 0.451 e. The summed E-state index contributed by atoms with van der Waals surface area (Å²) in [5, 5.41) is 1.27. The summed E-state index contributed by atoms with van der Waals surface area (Å²) in [6.45, 7) is 1.81. The van der Waals surface area contributed by atoms with Crippen LogP contribution in [0.15, 0.2) is 41.1 Å². The smallest absolute Gasteiger partial charge is 0.248 e. The van der Waals surface area contributed by atoms with Gasteiger partial charge >= 0.3 is 0 Å². The second-order valence-corrected chi connectivity index (χ2v) is 4.55. The zero-order valence-corrected chi connectivity index (χ0v) is 10.8. The summed E-state index contributed by atoms with van der Waals surface area (Å²) in [6.07, 6.45) is 2.98. The fraction of sp³-hybridized carbons (Fsp3) is 0.0714. The van der Waals surface area contributed by atoms with Crippen LogP contribution in [-0.2, 0) is 0 Å². The predicted octanol–water partition coefficient (Wildman–Crippen LogP) is 3.42. The first-order valence-corrected chi connectivity index (χ1v) is 6.04. The second kappa shape index (κ2) is 4.48. The molecule has 0 aliphatic heterocycles. The summed E-state index contributed by atoms with van der Waals surface area (Å²) in [5.74, 6) is -0.0963. The first-order chi connectivity index (χ1) is 9.15. The number of nitrogens with zero attached hydrogens (tertiary/aromatic N) is 2. The summed E-state index contributed by atoms with van der Waals surface area (Å²) in [4.78, 5) is 20.3. The molecule has 0 bridgehead atoms. The van der Waals surface area contributed by atoms with Crippen molar-refractivity contribution in [2.45, 2.75) is 6.92 Å². The van der Waals surface area contributed by atoms with Crippen molar-refractivity contribution in [1.29, 1.82) is 0 Å². The van der Waals surface area contributed by atoms with E-state index in [1.807, 2.05) is 13.0 Å². The first-order valence-electron chi connectivity index (χ1n) is 5.66. The molecular formula is C14H9ClN2O2. The molecule has 0 radical (unpaired) electrons. The van der Waals surface area contributed by atoms with E-state index in [9.17, 15) is 4.79 Å². The zero-order chi connectivity index (χ0) is 13.4. The third-order valence-corrected chi connectivity index (χ3v) is 3.03. The molecule has 2 heterocycles. The lowest BCUT2D eigenvalue weighted by Gasteiger charge is -1.96. The Morgan fingerprint density at radius 2 is 2.11 bits per heavy atom. The van der Waals surface area contributed by atoms with Crippen LogP contribution in [0.1, 0.15) is 21.9 Å². The molecule has 0 aliphatic carbocycles. The molecule has 4 nitrogen and oxygen atoms in total. The van der Waals surface area contributed by atoms with Crippen LogP contribution in [0, 0.1) is 6.92 Å². The molecule has 0 N–H and O–H groups in total. The minimum atomic E-state index is -0.306. The SMILES string of the molecule is Cc1cnc(C(=O)c2cc3cccc(Cl)c3o2)cn1. The molecule has 0 amide bonds. The molecule has 2 aromatic heterocycles. The molecule has 0 fully saturated rings. The lowest BCUT2D eigenvalue weighted by atomic mass is 10.2. The maximum absolute atomic E-state index is 12.2. The average molecular weight is 273 g/mol. The normalized spacial score (nSPS) is 10.8. The number of carbonyl (C=O) groups is 1. The Hall–Kier alpha value is -2.20. The molecule has 0 atom stereocenters. The van der Waals surface area contributed by atoms with E-state index < -0.39 is 0 Å². The van der Waals surface area contributed by atoms with Crippen LogP contribution in [0.4, 0.5) is 0 Å². The minimum Gasteiger partial charge on any atom is -0.451 e. The van der Waals surface area contributed by atoms with Crippen LogP contribution < -0.4 is 0 Å². The number of hydrogen-bond donors (Lipinski definition) is 0. The van der Waals surface area contributed by atoms with Crippen molar-refractivity contribution in [3.05, 3.63) is 58.8 Å². The molecule has 94 valence electrons. The Labute approximate surface area is 114 Å². The van der Waals surface area contributed by atoms with Crippen LogP contribution in [0.25, 0.3) is 11.0 Å². The van der Waals surface area contributed by atoms with Gasteiger partial charge in [-0.15, -0.1) is 0 Å². The highest BCUT2D eigenvalue weighted by Gasteiger charge is 2.17. The summed E-state index contributed by atoms with van der Waals surface area (Å²) in [5.41, 5.74) is 1.51. The number of fused-ring (bicyclic) bond motifs is 1. The van der Waals surface area contributed by atoms with Gasteiger partial charge in [-0.3, -0.25) is 9.78 Å². The minimum absolute atomic E-state index is 0.209. The van der Waals surface area contributed by atoms with E-state index in [1.165, 1.54) is 6.20 Å². The lowest BCUT2D eigenvalue weighted by molar-refractivity contribution is 0.101. The summed E-state index contributed by atoms with van der Waals surface area (Å²) >= 11 is 6.01. The van der Waals surface area contributed by atoms with Gasteiger partial charge in [0.2, 0.25) is 5.78 Å². The first kappa shape index (κ1) is 11.9. The molecular weight excluding hydrogens is 264 g/mol. The molecule has 3 aromatic rings. The van der Waals surface area contributed by atoms with Crippen molar-refractivity contribution in [2.24, 2.45) is 0 Å². The molecule has 5 heteroatoms. The van der Waals surface area contributed by atoms with Crippen LogP contribution in [0.5, 0.6) is 0 Å². The van der Waals surface area contributed by atoms with E-state index in [1.54, 1.807) is 24.4 Å². The third-order valence-electron chi connectivity index (χ3n) is 2.73. The quantitative estimate of drug-likeness (QED) is 0.671. The van der Waals surface area contributed by atoms with Crippen molar-refractivity contribution >= 4 is 28.4 Å². The number of hydrogen-bond acceptors (Lipinski definition) is 4. The van der Waals surface area contributed by atoms with Gasteiger partial charge in [0.25, 0.3) is 0 Å². The zero-order valence-electron chi connectivity index (χ0n) is 10.1. The van der Waals surface area contributed by atoms with E-state index in [0.717, 1.165) is 11.1 Å². The highest BCUT2D eigenvalue weighted by Crippen LogP contribution is 2.27. The van der Waals surface area contributed by atoms with Gasteiger partial charge < -0.3 is 4.42 Å². The number of carbonyl (C=O) groups excluding carboxylic acids is 1. The number of benzene rings is 1. The molecule has 0 unspecified atom stereocenters. The van der Waals surface area contributed by atoms with Crippen molar-refractivity contribution in [3.63, 3.8) is 0 Å². The van der Waals surface area contributed by atoms with E-state index in [4.69, 9.17) is 16.0 Å². The Bertz CT molecular complexity index is 763. The topological polar surface area (TPSA) is 56.0 Å². The molecule has 0 saturated heterocycles. The summed E-state index contributed by atoms with van der Waals surface area (Å²) in [7, 11) is 0. The van der Waals surface area contributed by atoms with Gasteiger partial charge in [0.1, 0.15) is 5.69 Å². The van der Waals surface area contributed by atoms with Crippen molar-refractivity contribution in [2.75, 3.05) is 0 Å². The van der Waals surface area contributed by atoms with Gasteiger partial charge in [-0.25, -0.2) is 4.98 Å². The van der Waals surface area contributed by atoms with Gasteiger partial charge in [-0.2, -0.15) is 0 Å². The van der Waals surface area contributed by atoms with Gasteiger partial charge in [0.05, 0.1) is 16.9 Å². The van der Waals surface area contributed by atoms with Gasteiger partial charge in [0.15, 0.2) is 11.3 Å². The summed E-state index contributed by atoms with van der Waals surface area (Å²) < 4.78 is 5.50. The molecule has 3 rings (SSSR count). The number of furan rings is 1. The van der Waals surface area contributed by atoms with Gasteiger partial charge in [0, 0.05) is 11.6 Å². The highest BCUT2D eigenvalue weighted by molar-refractivity contribution is 6.35. The van der Waals surface area contributed by atoms with Crippen LogP contribution in [0.2, 0.25) is 5.02 Å². The number of halogens is 1. The molecule has 0 saturated carbocycles.